The fourth-order valence-electron chi connectivity index (χ4n) is 1.50. The number of hydrogen-bond donors (Lipinski definition) is 0. The Morgan fingerprint density at radius 2 is 1.37 bits per heavy atom. The maximum absolute atomic E-state index is 4.25. The molecule has 0 fully saturated rings. The average molecular weight is 257 g/mol. The van der Waals surface area contributed by atoms with Gasteiger partial charge in [0.2, 0.25) is 0 Å². The van der Waals surface area contributed by atoms with Gasteiger partial charge < -0.3 is 0 Å². The number of unbranched alkanes of at least 4 members (excludes halogenated alkanes) is 2. The molecular formula is C18H27N. The van der Waals surface area contributed by atoms with Crippen molar-refractivity contribution < 1.29 is 0 Å². The molecule has 0 aliphatic heterocycles. The molecule has 1 heteroatoms. The van der Waals surface area contributed by atoms with Gasteiger partial charge in [-0.3, -0.25) is 4.98 Å². The van der Waals surface area contributed by atoms with Crippen LogP contribution < -0.4 is 0 Å². The van der Waals surface area contributed by atoms with Crippen LogP contribution in [0.4, 0.5) is 0 Å². The third-order valence-electron chi connectivity index (χ3n) is 2.44. The van der Waals surface area contributed by atoms with E-state index in [2.05, 4.69) is 31.0 Å². The van der Waals surface area contributed by atoms with Crippen LogP contribution in [0.5, 0.6) is 0 Å². The Labute approximate surface area is 118 Å². The molecule has 19 heavy (non-hydrogen) atoms. The average Bonchev–Trinajstić information content (AvgIpc) is 2.52. The van der Waals surface area contributed by atoms with Gasteiger partial charge in [-0.1, -0.05) is 83.4 Å². The summed E-state index contributed by atoms with van der Waals surface area (Å²) >= 11 is 0. The molecule has 0 amide bonds. The summed E-state index contributed by atoms with van der Waals surface area (Å²) in [5.74, 6) is 0. The molecule has 0 N–H and O–H groups in total. The molecule has 1 nitrogen and oxygen atoms in total. The molecule has 0 spiro atoms. The Morgan fingerprint density at radius 1 is 0.789 bits per heavy atom. The number of pyridine rings is 1. The van der Waals surface area contributed by atoms with Crippen LogP contribution in [0.25, 0.3) is 11.3 Å². The van der Waals surface area contributed by atoms with Crippen molar-refractivity contribution >= 4 is 0 Å². The van der Waals surface area contributed by atoms with E-state index in [0.717, 1.165) is 11.3 Å². The topological polar surface area (TPSA) is 12.9 Å². The maximum Gasteiger partial charge on any atom is 0.0701 e. The van der Waals surface area contributed by atoms with Crippen molar-refractivity contribution in [1.29, 1.82) is 0 Å². The molecular weight excluding hydrogens is 230 g/mol. The van der Waals surface area contributed by atoms with Crippen LogP contribution in [0.15, 0.2) is 54.7 Å². The lowest BCUT2D eigenvalue weighted by molar-refractivity contribution is 0.772. The largest absolute Gasteiger partial charge is 0.256 e. The van der Waals surface area contributed by atoms with Crippen molar-refractivity contribution in [1.82, 2.24) is 4.98 Å². The van der Waals surface area contributed by atoms with Crippen LogP contribution in [0, 0.1) is 0 Å². The fourth-order valence-corrected chi connectivity index (χ4v) is 1.50. The van der Waals surface area contributed by atoms with E-state index in [1.807, 2.05) is 56.4 Å². The van der Waals surface area contributed by atoms with Crippen LogP contribution >= 0.6 is 0 Å². The van der Waals surface area contributed by atoms with Gasteiger partial charge in [0, 0.05) is 11.8 Å². The van der Waals surface area contributed by atoms with Crippen LogP contribution in [0.2, 0.25) is 0 Å². The first-order valence-corrected chi connectivity index (χ1v) is 7.35. The van der Waals surface area contributed by atoms with Crippen molar-refractivity contribution in [2.24, 2.45) is 0 Å². The van der Waals surface area contributed by atoms with Crippen molar-refractivity contribution in [2.45, 2.75) is 47.0 Å². The van der Waals surface area contributed by atoms with Crippen LogP contribution in [-0.2, 0) is 0 Å². The number of hydrogen-bond acceptors (Lipinski definition) is 1. The lowest BCUT2D eigenvalue weighted by Crippen LogP contribution is -1.79. The van der Waals surface area contributed by atoms with E-state index in [4.69, 9.17) is 0 Å². The maximum atomic E-state index is 4.25. The Bertz CT molecular complexity index is 341. The summed E-state index contributed by atoms with van der Waals surface area (Å²) in [6.45, 7) is 8.42. The van der Waals surface area contributed by atoms with Crippen LogP contribution in [-0.4, -0.2) is 4.98 Å². The third-order valence-corrected chi connectivity index (χ3v) is 2.44. The molecule has 1 heterocycles. The Hall–Kier alpha value is -1.63. The summed E-state index contributed by atoms with van der Waals surface area (Å²) in [5.41, 5.74) is 2.19. The highest BCUT2D eigenvalue weighted by molar-refractivity contribution is 5.58. The smallest absolute Gasteiger partial charge is 0.0701 e. The molecule has 0 bridgehead atoms. The second-order valence-electron chi connectivity index (χ2n) is 3.93. The van der Waals surface area contributed by atoms with Crippen molar-refractivity contribution in [3.63, 3.8) is 0 Å². The molecule has 0 unspecified atom stereocenters. The van der Waals surface area contributed by atoms with E-state index in [1.165, 1.54) is 19.3 Å². The summed E-state index contributed by atoms with van der Waals surface area (Å²) in [5, 5.41) is 0. The van der Waals surface area contributed by atoms with Gasteiger partial charge in [-0.15, -0.1) is 0 Å². The molecule has 1 aromatic carbocycles. The standard InChI is InChI=1S/C11H9N.C5H12.C2H6/c1-2-6-10(7-3-1)11-8-4-5-9-12-11;1-3-5-4-2;1-2/h1-9H;3-5H2,1-2H3;1-2H3. The first-order chi connectivity index (χ1) is 9.38. The summed E-state index contributed by atoms with van der Waals surface area (Å²) in [4.78, 5) is 4.25. The minimum Gasteiger partial charge on any atom is -0.256 e. The zero-order valence-electron chi connectivity index (χ0n) is 12.8. The molecule has 0 saturated carbocycles. The van der Waals surface area contributed by atoms with Crippen LogP contribution in [0.1, 0.15) is 47.0 Å². The predicted molar refractivity (Wildman–Crippen MR) is 86.2 cm³/mol. The fraction of sp³-hybridized carbons (Fsp3) is 0.389. The van der Waals surface area contributed by atoms with E-state index >= 15 is 0 Å². The lowest BCUT2D eigenvalue weighted by atomic mass is 10.1. The minimum absolute atomic E-state index is 1.03. The molecule has 0 radical (unpaired) electrons. The Morgan fingerprint density at radius 3 is 1.79 bits per heavy atom. The summed E-state index contributed by atoms with van der Waals surface area (Å²) in [6.07, 6.45) is 5.88. The van der Waals surface area contributed by atoms with Gasteiger partial charge in [-0.2, -0.15) is 0 Å². The highest BCUT2D eigenvalue weighted by Gasteiger charge is 1.93. The molecule has 1 aromatic heterocycles. The monoisotopic (exact) mass is 257 g/mol. The zero-order valence-corrected chi connectivity index (χ0v) is 12.8. The van der Waals surface area contributed by atoms with Gasteiger partial charge in [-0.25, -0.2) is 0 Å². The number of benzene rings is 1. The Balaban J connectivity index is 0.000000396. The first-order valence-electron chi connectivity index (χ1n) is 7.35. The molecule has 0 aliphatic carbocycles. The molecule has 0 aliphatic rings. The van der Waals surface area contributed by atoms with Gasteiger partial charge in [0.15, 0.2) is 0 Å². The first kappa shape index (κ1) is 17.4. The molecule has 104 valence electrons. The summed E-state index contributed by atoms with van der Waals surface area (Å²) in [6, 6.07) is 16.1. The van der Waals surface area contributed by atoms with Crippen molar-refractivity contribution in [2.75, 3.05) is 0 Å². The number of aromatic nitrogens is 1. The highest BCUT2D eigenvalue weighted by atomic mass is 14.7. The van der Waals surface area contributed by atoms with E-state index in [1.54, 1.807) is 0 Å². The lowest BCUT2D eigenvalue weighted by Gasteiger charge is -1.97. The molecule has 2 aromatic rings. The van der Waals surface area contributed by atoms with E-state index in [-0.39, 0.29) is 0 Å². The number of nitrogens with zero attached hydrogens (tertiary/aromatic N) is 1. The summed E-state index contributed by atoms with van der Waals surface area (Å²) in [7, 11) is 0. The SMILES string of the molecule is CC.CCCCC.c1ccc(-c2ccccn2)cc1. The summed E-state index contributed by atoms with van der Waals surface area (Å²) < 4.78 is 0. The van der Waals surface area contributed by atoms with Gasteiger partial charge in [0.25, 0.3) is 0 Å². The second kappa shape index (κ2) is 12.8. The van der Waals surface area contributed by atoms with Gasteiger partial charge in [-0.05, 0) is 12.1 Å². The molecule has 2 rings (SSSR count). The zero-order chi connectivity index (χ0) is 14.3. The Kier molecular flexibility index (Phi) is 11.7. The highest BCUT2D eigenvalue weighted by Crippen LogP contribution is 2.14. The van der Waals surface area contributed by atoms with Crippen LogP contribution in [0.3, 0.4) is 0 Å². The van der Waals surface area contributed by atoms with Crippen molar-refractivity contribution in [3.8, 4) is 11.3 Å². The predicted octanol–water partition coefficient (Wildman–Crippen LogP) is 5.97. The molecule has 0 atom stereocenters. The second-order valence-corrected chi connectivity index (χ2v) is 3.93. The van der Waals surface area contributed by atoms with E-state index in [9.17, 15) is 0 Å². The quantitative estimate of drug-likeness (QED) is 0.660. The molecule has 0 saturated heterocycles. The van der Waals surface area contributed by atoms with Crippen molar-refractivity contribution in [3.05, 3.63) is 54.7 Å². The normalized spacial score (nSPS) is 8.63. The number of rotatable bonds is 3. The van der Waals surface area contributed by atoms with E-state index in [0.29, 0.717) is 0 Å². The van der Waals surface area contributed by atoms with E-state index < -0.39 is 0 Å². The van der Waals surface area contributed by atoms with Gasteiger partial charge >= 0.3 is 0 Å². The van der Waals surface area contributed by atoms with Gasteiger partial charge in [0.05, 0.1) is 5.69 Å². The minimum atomic E-state index is 1.03. The van der Waals surface area contributed by atoms with Gasteiger partial charge in [0.1, 0.15) is 0 Å². The third kappa shape index (κ3) is 8.15.